The van der Waals surface area contributed by atoms with Crippen molar-refractivity contribution in [3.63, 3.8) is 0 Å². The minimum absolute atomic E-state index is 0.000550. The highest BCUT2D eigenvalue weighted by molar-refractivity contribution is 7.09. The van der Waals surface area contributed by atoms with E-state index in [-0.39, 0.29) is 5.41 Å². The first-order valence-electron chi connectivity index (χ1n) is 6.35. The van der Waals surface area contributed by atoms with Crippen LogP contribution in [0, 0.1) is 0 Å². The molecule has 1 aromatic carbocycles. The molecular weight excluding hydrogens is 313 g/mol. The lowest BCUT2D eigenvalue weighted by atomic mass is 9.98. The van der Waals surface area contributed by atoms with Crippen LogP contribution in [0.25, 0.3) is 0 Å². The maximum atomic E-state index is 10.3. The number of hydrogen-bond acceptors (Lipinski definition) is 3. The fourth-order valence-corrected chi connectivity index (χ4v) is 3.22. The van der Waals surface area contributed by atoms with Gasteiger partial charge in [0.1, 0.15) is 6.10 Å². The molecule has 1 unspecified atom stereocenters. The zero-order valence-electron chi connectivity index (χ0n) is 11.7. The van der Waals surface area contributed by atoms with Gasteiger partial charge in [0, 0.05) is 27.3 Å². The average molecular weight is 330 g/mol. The molecular formula is C15H17Cl2NOS. The number of nitrogens with zero attached hydrogens (tertiary/aromatic N) is 1. The Labute approximate surface area is 133 Å². The van der Waals surface area contributed by atoms with Crippen LogP contribution >= 0.6 is 34.5 Å². The lowest BCUT2D eigenvalue weighted by Gasteiger charge is -2.14. The SMILES string of the molecule is CC(C)(C)c1nc(C(O)Cc2ccc(Cl)cc2Cl)cs1. The third kappa shape index (κ3) is 3.73. The molecule has 0 saturated carbocycles. The first-order chi connectivity index (χ1) is 9.27. The predicted octanol–water partition coefficient (Wildman–Crippen LogP) is 5.02. The first-order valence-corrected chi connectivity index (χ1v) is 7.99. The maximum Gasteiger partial charge on any atom is 0.101 e. The van der Waals surface area contributed by atoms with Crippen molar-refractivity contribution in [1.29, 1.82) is 0 Å². The van der Waals surface area contributed by atoms with Gasteiger partial charge in [-0.05, 0) is 17.7 Å². The summed E-state index contributed by atoms with van der Waals surface area (Å²) in [5.74, 6) is 0. The molecule has 0 aliphatic heterocycles. The molecule has 1 atom stereocenters. The summed E-state index contributed by atoms with van der Waals surface area (Å²) in [6, 6.07) is 5.30. The summed E-state index contributed by atoms with van der Waals surface area (Å²) in [4.78, 5) is 4.52. The number of aliphatic hydroxyl groups excluding tert-OH is 1. The number of hydrogen-bond donors (Lipinski definition) is 1. The minimum Gasteiger partial charge on any atom is -0.386 e. The van der Waals surface area contributed by atoms with Crippen LogP contribution in [0.5, 0.6) is 0 Å². The quantitative estimate of drug-likeness (QED) is 0.857. The summed E-state index contributed by atoms with van der Waals surface area (Å²) in [6.45, 7) is 6.33. The van der Waals surface area contributed by atoms with Gasteiger partial charge in [0.15, 0.2) is 0 Å². The van der Waals surface area contributed by atoms with Gasteiger partial charge in [-0.3, -0.25) is 0 Å². The van der Waals surface area contributed by atoms with E-state index in [2.05, 4.69) is 25.8 Å². The van der Waals surface area contributed by atoms with E-state index in [1.54, 1.807) is 23.5 Å². The van der Waals surface area contributed by atoms with Crippen molar-refractivity contribution < 1.29 is 5.11 Å². The highest BCUT2D eigenvalue weighted by Gasteiger charge is 2.21. The molecule has 0 radical (unpaired) electrons. The summed E-state index contributed by atoms with van der Waals surface area (Å²) >= 11 is 13.6. The van der Waals surface area contributed by atoms with E-state index in [0.717, 1.165) is 10.6 Å². The van der Waals surface area contributed by atoms with Gasteiger partial charge in [-0.15, -0.1) is 11.3 Å². The molecule has 2 aromatic rings. The lowest BCUT2D eigenvalue weighted by Crippen LogP contribution is -2.11. The van der Waals surface area contributed by atoms with E-state index in [0.29, 0.717) is 22.2 Å². The molecule has 5 heteroatoms. The number of benzene rings is 1. The Kier molecular flexibility index (Phi) is 4.75. The standard InChI is InChI=1S/C15H17Cl2NOS/c1-15(2,3)14-18-12(8-20-14)13(19)6-9-4-5-10(16)7-11(9)17/h4-5,7-8,13,19H,6H2,1-3H3. The average Bonchev–Trinajstić information content (AvgIpc) is 2.82. The van der Waals surface area contributed by atoms with Crippen molar-refractivity contribution in [2.45, 2.75) is 38.7 Å². The van der Waals surface area contributed by atoms with Gasteiger partial charge < -0.3 is 5.11 Å². The topological polar surface area (TPSA) is 33.1 Å². The Bertz CT molecular complexity index is 604. The van der Waals surface area contributed by atoms with E-state index in [9.17, 15) is 5.11 Å². The maximum absolute atomic E-state index is 10.3. The normalized spacial score (nSPS) is 13.5. The first kappa shape index (κ1) is 15.8. The van der Waals surface area contributed by atoms with E-state index in [1.807, 2.05) is 11.4 Å². The summed E-state index contributed by atoms with van der Waals surface area (Å²) in [6.07, 6.45) is -0.218. The van der Waals surface area contributed by atoms with Gasteiger partial charge in [-0.2, -0.15) is 0 Å². The van der Waals surface area contributed by atoms with Crippen LogP contribution in [0.3, 0.4) is 0 Å². The zero-order chi connectivity index (χ0) is 14.9. The van der Waals surface area contributed by atoms with Crippen molar-refractivity contribution >= 4 is 34.5 Å². The Morgan fingerprint density at radius 3 is 2.55 bits per heavy atom. The van der Waals surface area contributed by atoms with Gasteiger partial charge in [-0.1, -0.05) is 50.0 Å². The highest BCUT2D eigenvalue weighted by atomic mass is 35.5. The molecule has 20 heavy (non-hydrogen) atoms. The van der Waals surface area contributed by atoms with Crippen molar-refractivity contribution in [3.8, 4) is 0 Å². The molecule has 1 aromatic heterocycles. The molecule has 2 rings (SSSR count). The molecule has 108 valence electrons. The zero-order valence-corrected chi connectivity index (χ0v) is 14.0. The summed E-state index contributed by atoms with van der Waals surface area (Å²) in [7, 11) is 0. The van der Waals surface area contributed by atoms with Gasteiger partial charge >= 0.3 is 0 Å². The van der Waals surface area contributed by atoms with Crippen molar-refractivity contribution in [2.24, 2.45) is 0 Å². The number of aliphatic hydroxyl groups is 1. The van der Waals surface area contributed by atoms with Crippen LogP contribution in [0.1, 0.15) is 43.1 Å². The number of aromatic nitrogens is 1. The van der Waals surface area contributed by atoms with E-state index >= 15 is 0 Å². The summed E-state index contributed by atoms with van der Waals surface area (Å²) < 4.78 is 0. The highest BCUT2D eigenvalue weighted by Crippen LogP contribution is 2.30. The number of thiazole rings is 1. The summed E-state index contributed by atoms with van der Waals surface area (Å²) in [5, 5.41) is 14.4. The van der Waals surface area contributed by atoms with Gasteiger partial charge in [-0.25, -0.2) is 4.98 Å². The van der Waals surface area contributed by atoms with E-state index in [1.165, 1.54) is 0 Å². The number of halogens is 2. The van der Waals surface area contributed by atoms with Crippen molar-refractivity contribution in [1.82, 2.24) is 4.98 Å². The minimum atomic E-state index is -0.652. The Balaban J connectivity index is 2.16. The smallest absolute Gasteiger partial charge is 0.101 e. The third-order valence-electron chi connectivity index (χ3n) is 2.93. The predicted molar refractivity (Wildman–Crippen MR) is 85.9 cm³/mol. The van der Waals surface area contributed by atoms with E-state index in [4.69, 9.17) is 23.2 Å². The Morgan fingerprint density at radius 2 is 2.00 bits per heavy atom. The van der Waals surface area contributed by atoms with Gasteiger partial charge in [0.05, 0.1) is 10.7 Å². The molecule has 0 saturated heterocycles. The largest absolute Gasteiger partial charge is 0.386 e. The van der Waals surface area contributed by atoms with Crippen LogP contribution in [0.2, 0.25) is 10.0 Å². The van der Waals surface area contributed by atoms with Crippen molar-refractivity contribution in [3.05, 3.63) is 49.9 Å². The van der Waals surface area contributed by atoms with Crippen LogP contribution in [-0.2, 0) is 11.8 Å². The summed E-state index contributed by atoms with van der Waals surface area (Å²) in [5.41, 5.74) is 1.57. The van der Waals surface area contributed by atoms with Gasteiger partial charge in [0.25, 0.3) is 0 Å². The monoisotopic (exact) mass is 329 g/mol. The number of rotatable bonds is 3. The Morgan fingerprint density at radius 1 is 1.30 bits per heavy atom. The second kappa shape index (κ2) is 6.02. The van der Waals surface area contributed by atoms with Crippen LogP contribution in [0.4, 0.5) is 0 Å². The second-order valence-corrected chi connectivity index (χ2v) is 7.48. The van der Waals surface area contributed by atoms with Crippen LogP contribution in [-0.4, -0.2) is 10.1 Å². The van der Waals surface area contributed by atoms with Crippen LogP contribution in [0.15, 0.2) is 23.6 Å². The van der Waals surface area contributed by atoms with Crippen molar-refractivity contribution in [2.75, 3.05) is 0 Å². The molecule has 2 nitrogen and oxygen atoms in total. The van der Waals surface area contributed by atoms with E-state index < -0.39 is 6.10 Å². The fraction of sp³-hybridized carbons (Fsp3) is 0.400. The van der Waals surface area contributed by atoms with Crippen LogP contribution < -0.4 is 0 Å². The third-order valence-corrected chi connectivity index (χ3v) is 4.81. The molecule has 0 bridgehead atoms. The second-order valence-electron chi connectivity index (χ2n) is 5.78. The lowest BCUT2D eigenvalue weighted by molar-refractivity contribution is 0.174. The Hall–Kier alpha value is -0.610. The molecule has 1 heterocycles. The molecule has 0 amide bonds. The molecule has 1 N–H and O–H groups in total. The molecule has 0 fully saturated rings. The fourth-order valence-electron chi connectivity index (χ4n) is 1.78. The molecule has 0 aliphatic carbocycles. The van der Waals surface area contributed by atoms with Gasteiger partial charge in [0.2, 0.25) is 0 Å². The molecule has 0 aliphatic rings. The molecule has 0 spiro atoms.